The molecule has 284 valence electrons. The molecule has 1 heteroatoms. The maximum atomic E-state index is 4.04. The fourth-order valence-corrected chi connectivity index (χ4v) is 11.0. The van der Waals surface area contributed by atoms with Crippen LogP contribution in [0.2, 0.25) is 0 Å². The molecule has 8 rings (SSSR count). The van der Waals surface area contributed by atoms with E-state index in [0.717, 1.165) is 38.5 Å². The molecule has 3 aliphatic carbocycles. The normalized spacial score (nSPS) is 16.5. The van der Waals surface area contributed by atoms with Crippen molar-refractivity contribution >= 4 is 5.69 Å². The van der Waals surface area contributed by atoms with Crippen LogP contribution in [0.25, 0.3) is 11.1 Å². The predicted octanol–water partition coefficient (Wildman–Crippen LogP) is 14.2. The van der Waals surface area contributed by atoms with Gasteiger partial charge in [0.25, 0.3) is 0 Å². The highest BCUT2D eigenvalue weighted by Crippen LogP contribution is 2.60. The highest BCUT2D eigenvalue weighted by atomic mass is 14.9. The highest BCUT2D eigenvalue weighted by molar-refractivity contribution is 5.88. The average molecular weight is 726 g/mol. The minimum atomic E-state index is -0.441. The lowest BCUT2D eigenvalue weighted by Gasteiger charge is -2.48. The second-order valence-corrected chi connectivity index (χ2v) is 17.8. The molecule has 0 saturated heterocycles. The predicted molar refractivity (Wildman–Crippen MR) is 236 cm³/mol. The summed E-state index contributed by atoms with van der Waals surface area (Å²) in [5.41, 5.74) is 19.5. The first-order chi connectivity index (χ1) is 26.6. The molecule has 0 aromatic heterocycles. The summed E-state index contributed by atoms with van der Waals surface area (Å²) in [4.78, 5) is 0. The number of hydrogen-bond donors (Lipinski definition) is 1. The zero-order valence-corrected chi connectivity index (χ0v) is 35.0. The molecule has 1 N–H and O–H groups in total. The fourth-order valence-electron chi connectivity index (χ4n) is 11.0. The Bertz CT molecular complexity index is 2190. The van der Waals surface area contributed by atoms with Gasteiger partial charge in [-0.1, -0.05) is 159 Å². The number of hydrogen-bond acceptors (Lipinski definition) is 1. The Balaban J connectivity index is 1.42. The second kappa shape index (κ2) is 14.3. The standard InChI is InChI=1S/C54H63N/c1-9-17-50(52(8,11-3)12-4)55-45-29-31-47-46-30-28-42(53(13-5,32-10-2)51(6,7)41-18-15-14-16-19-41)35-48(46)54(49(47)36-45,43-26-24-37-20-22-39(37)33-43)44-27-25-38-21-23-40(38)34-44/h14-19,24-31,33-36,55H,9-13,20-23,32H2,1-8H3/b50-17+. The minimum Gasteiger partial charge on any atom is -0.359 e. The van der Waals surface area contributed by atoms with E-state index in [9.17, 15) is 0 Å². The fraction of sp³-hybridized carbons (Fsp3) is 0.407. The monoisotopic (exact) mass is 725 g/mol. The zero-order valence-electron chi connectivity index (χ0n) is 35.0. The van der Waals surface area contributed by atoms with Crippen molar-refractivity contribution in [1.82, 2.24) is 0 Å². The molecule has 0 aliphatic heterocycles. The molecule has 0 amide bonds. The summed E-state index contributed by atoms with van der Waals surface area (Å²) in [6, 6.07) is 41.4. The third kappa shape index (κ3) is 5.70. The van der Waals surface area contributed by atoms with Crippen molar-refractivity contribution in [2.75, 3.05) is 5.32 Å². The number of benzene rings is 5. The van der Waals surface area contributed by atoms with Crippen molar-refractivity contribution in [3.05, 3.63) is 171 Å². The van der Waals surface area contributed by atoms with E-state index in [0.29, 0.717) is 0 Å². The lowest BCUT2D eigenvalue weighted by molar-refractivity contribution is 0.221. The second-order valence-electron chi connectivity index (χ2n) is 17.8. The maximum absolute atomic E-state index is 4.04. The summed E-state index contributed by atoms with van der Waals surface area (Å²) in [5, 5.41) is 4.04. The van der Waals surface area contributed by atoms with Gasteiger partial charge in [0.15, 0.2) is 0 Å². The molecule has 0 heterocycles. The van der Waals surface area contributed by atoms with Gasteiger partial charge in [-0.25, -0.2) is 0 Å². The van der Waals surface area contributed by atoms with Gasteiger partial charge in [0.05, 0.1) is 5.41 Å². The molecular formula is C54H63N. The Morgan fingerprint density at radius 3 is 1.69 bits per heavy atom. The zero-order chi connectivity index (χ0) is 38.6. The molecule has 1 nitrogen and oxygen atoms in total. The lowest BCUT2D eigenvalue weighted by Crippen LogP contribution is -2.45. The summed E-state index contributed by atoms with van der Waals surface area (Å²) in [7, 11) is 0. The topological polar surface area (TPSA) is 12.0 Å². The molecular weight excluding hydrogens is 663 g/mol. The van der Waals surface area contributed by atoms with Gasteiger partial charge in [0, 0.05) is 22.2 Å². The van der Waals surface area contributed by atoms with Crippen molar-refractivity contribution in [3.63, 3.8) is 0 Å². The number of allylic oxidation sites excluding steroid dienone is 2. The van der Waals surface area contributed by atoms with Crippen LogP contribution in [-0.4, -0.2) is 0 Å². The number of nitrogens with one attached hydrogen (secondary N) is 1. The molecule has 1 unspecified atom stereocenters. The molecule has 55 heavy (non-hydrogen) atoms. The van der Waals surface area contributed by atoms with E-state index in [2.05, 4.69) is 170 Å². The SMILES string of the molecule is CC/C=C(/Nc1ccc2c(c1)C(c1ccc3c(c1)CC3)(c1ccc3c(c1)CC3)c1cc(C(CC)(CCC)C(C)(C)c3ccccc3)ccc1-2)C(C)(CC)CC. The molecule has 1 atom stereocenters. The Morgan fingerprint density at radius 1 is 0.600 bits per heavy atom. The van der Waals surface area contributed by atoms with E-state index >= 15 is 0 Å². The van der Waals surface area contributed by atoms with Gasteiger partial charge in [-0.3, -0.25) is 0 Å². The first-order valence-corrected chi connectivity index (χ1v) is 21.7. The molecule has 0 radical (unpaired) electrons. The number of fused-ring (bicyclic) bond motifs is 5. The van der Waals surface area contributed by atoms with Crippen molar-refractivity contribution < 1.29 is 0 Å². The van der Waals surface area contributed by atoms with Crippen LogP contribution in [0.15, 0.2) is 115 Å². The number of rotatable bonds is 14. The summed E-state index contributed by atoms with van der Waals surface area (Å²) in [6.45, 7) is 19.2. The van der Waals surface area contributed by atoms with Gasteiger partial charge in [0.2, 0.25) is 0 Å². The van der Waals surface area contributed by atoms with Crippen LogP contribution in [0.1, 0.15) is 150 Å². The van der Waals surface area contributed by atoms with Crippen LogP contribution in [0.5, 0.6) is 0 Å². The van der Waals surface area contributed by atoms with Gasteiger partial charge in [-0.05, 0) is 142 Å². The van der Waals surface area contributed by atoms with Gasteiger partial charge in [0.1, 0.15) is 0 Å². The molecule has 0 bridgehead atoms. The van der Waals surface area contributed by atoms with Crippen LogP contribution in [0.4, 0.5) is 5.69 Å². The third-order valence-electron chi connectivity index (χ3n) is 15.2. The molecule has 0 saturated carbocycles. The maximum Gasteiger partial charge on any atom is 0.0714 e. The van der Waals surface area contributed by atoms with E-state index in [4.69, 9.17) is 0 Å². The minimum absolute atomic E-state index is 0.0448. The Labute approximate surface area is 332 Å². The largest absolute Gasteiger partial charge is 0.359 e. The smallest absolute Gasteiger partial charge is 0.0714 e. The van der Waals surface area contributed by atoms with Crippen LogP contribution in [0.3, 0.4) is 0 Å². The quantitative estimate of drug-likeness (QED) is 0.118. The molecule has 5 aromatic carbocycles. The van der Waals surface area contributed by atoms with Crippen molar-refractivity contribution in [3.8, 4) is 11.1 Å². The number of aryl methyl sites for hydroxylation is 4. The summed E-state index contributed by atoms with van der Waals surface area (Å²) >= 11 is 0. The summed E-state index contributed by atoms with van der Waals surface area (Å²) in [6.07, 6.45) is 13.7. The van der Waals surface area contributed by atoms with Gasteiger partial charge >= 0.3 is 0 Å². The van der Waals surface area contributed by atoms with Crippen LogP contribution in [0, 0.1) is 5.41 Å². The van der Waals surface area contributed by atoms with E-state index in [1.165, 1.54) is 104 Å². The molecule has 3 aliphatic rings. The van der Waals surface area contributed by atoms with Crippen LogP contribution < -0.4 is 5.32 Å². The molecule has 5 aromatic rings. The first kappa shape index (κ1) is 37.6. The van der Waals surface area contributed by atoms with Crippen molar-refractivity contribution in [1.29, 1.82) is 0 Å². The van der Waals surface area contributed by atoms with E-state index < -0.39 is 5.41 Å². The Kier molecular flexibility index (Phi) is 9.76. The molecule has 0 spiro atoms. The van der Waals surface area contributed by atoms with Gasteiger partial charge in [-0.15, -0.1) is 0 Å². The average Bonchev–Trinajstić information content (AvgIpc) is 3.47. The highest BCUT2D eigenvalue weighted by Gasteiger charge is 2.50. The van der Waals surface area contributed by atoms with Gasteiger partial charge < -0.3 is 5.32 Å². The Hall–Kier alpha value is -4.36. The first-order valence-electron chi connectivity index (χ1n) is 21.7. The molecule has 0 fully saturated rings. The Morgan fingerprint density at radius 2 is 1.18 bits per heavy atom. The number of anilines is 1. The summed E-state index contributed by atoms with van der Waals surface area (Å²) < 4.78 is 0. The lowest BCUT2D eigenvalue weighted by atomic mass is 9.55. The van der Waals surface area contributed by atoms with Crippen LogP contribution >= 0.6 is 0 Å². The van der Waals surface area contributed by atoms with Crippen molar-refractivity contribution in [2.24, 2.45) is 5.41 Å². The van der Waals surface area contributed by atoms with Gasteiger partial charge in [-0.2, -0.15) is 0 Å². The third-order valence-corrected chi connectivity index (χ3v) is 15.2. The van der Waals surface area contributed by atoms with E-state index in [1.54, 1.807) is 0 Å². The van der Waals surface area contributed by atoms with E-state index in [1.807, 2.05) is 0 Å². The summed E-state index contributed by atoms with van der Waals surface area (Å²) in [5.74, 6) is 0. The van der Waals surface area contributed by atoms with Crippen LogP contribution in [-0.2, 0) is 41.9 Å². The van der Waals surface area contributed by atoms with E-state index in [-0.39, 0.29) is 16.2 Å². The van der Waals surface area contributed by atoms with Crippen molar-refractivity contribution in [2.45, 2.75) is 136 Å².